The van der Waals surface area contributed by atoms with Crippen LogP contribution in [0, 0.1) is 0 Å². The van der Waals surface area contributed by atoms with Gasteiger partial charge in [0.2, 0.25) is 0 Å². The third-order valence-corrected chi connectivity index (χ3v) is 5.09. The molecule has 1 aromatic heterocycles. The van der Waals surface area contributed by atoms with E-state index in [1.807, 2.05) is 31.2 Å². The monoisotopic (exact) mass is 361 g/mol. The van der Waals surface area contributed by atoms with E-state index in [9.17, 15) is 4.79 Å². The fourth-order valence-electron chi connectivity index (χ4n) is 2.80. The number of aromatic nitrogens is 1. The molecule has 1 saturated heterocycles. The van der Waals surface area contributed by atoms with Crippen LogP contribution in [-0.2, 0) is 11.3 Å². The van der Waals surface area contributed by atoms with Crippen molar-refractivity contribution in [1.82, 2.24) is 14.8 Å². The molecule has 7 heteroatoms. The van der Waals surface area contributed by atoms with Gasteiger partial charge in [0, 0.05) is 43.7 Å². The van der Waals surface area contributed by atoms with E-state index in [2.05, 4.69) is 10.3 Å². The van der Waals surface area contributed by atoms with Crippen molar-refractivity contribution in [1.29, 1.82) is 0 Å². The highest BCUT2D eigenvalue weighted by Crippen LogP contribution is 2.27. The van der Waals surface area contributed by atoms with Gasteiger partial charge < -0.3 is 14.4 Å². The highest BCUT2D eigenvalue weighted by Gasteiger charge is 2.22. The standard InChI is InChI=1S/C18H23N3O3S/c1-3-24-18(22)21-9-7-20(8-10-21)12-15-13-25-17(19-15)14-5-4-6-16(11-14)23-2/h4-6,11,13H,3,7-10,12H2,1-2H3. The molecule has 6 nitrogen and oxygen atoms in total. The highest BCUT2D eigenvalue weighted by molar-refractivity contribution is 7.13. The van der Waals surface area contributed by atoms with Gasteiger partial charge in [0.05, 0.1) is 19.4 Å². The Hall–Kier alpha value is -2.12. The molecule has 3 rings (SSSR count). The fraction of sp³-hybridized carbons (Fsp3) is 0.444. The van der Waals surface area contributed by atoms with Crippen molar-refractivity contribution in [3.63, 3.8) is 0 Å². The van der Waals surface area contributed by atoms with E-state index in [4.69, 9.17) is 14.5 Å². The van der Waals surface area contributed by atoms with E-state index in [0.29, 0.717) is 19.7 Å². The smallest absolute Gasteiger partial charge is 0.409 e. The molecule has 1 aromatic carbocycles. The summed E-state index contributed by atoms with van der Waals surface area (Å²) >= 11 is 1.64. The predicted molar refractivity (Wildman–Crippen MR) is 98.0 cm³/mol. The van der Waals surface area contributed by atoms with Crippen molar-refractivity contribution in [2.45, 2.75) is 13.5 Å². The van der Waals surface area contributed by atoms with Gasteiger partial charge in [0.1, 0.15) is 10.8 Å². The van der Waals surface area contributed by atoms with Gasteiger partial charge in [-0.05, 0) is 19.1 Å². The number of rotatable bonds is 5. The van der Waals surface area contributed by atoms with E-state index >= 15 is 0 Å². The average Bonchev–Trinajstić information content (AvgIpc) is 3.11. The van der Waals surface area contributed by atoms with Crippen LogP contribution in [0.2, 0.25) is 0 Å². The lowest BCUT2D eigenvalue weighted by molar-refractivity contribution is 0.0776. The second-order valence-corrected chi connectivity index (χ2v) is 6.70. The summed E-state index contributed by atoms with van der Waals surface area (Å²) in [5.74, 6) is 0.837. The highest BCUT2D eigenvalue weighted by atomic mass is 32.1. The van der Waals surface area contributed by atoms with Crippen molar-refractivity contribution >= 4 is 17.4 Å². The summed E-state index contributed by atoms with van der Waals surface area (Å²) in [5.41, 5.74) is 2.13. The number of hydrogen-bond donors (Lipinski definition) is 0. The van der Waals surface area contributed by atoms with Crippen LogP contribution in [0.1, 0.15) is 12.6 Å². The average molecular weight is 361 g/mol. The van der Waals surface area contributed by atoms with Crippen LogP contribution in [0.4, 0.5) is 4.79 Å². The second-order valence-electron chi connectivity index (χ2n) is 5.84. The number of nitrogens with zero attached hydrogens (tertiary/aromatic N) is 3. The fourth-order valence-corrected chi connectivity index (χ4v) is 3.61. The maximum atomic E-state index is 11.7. The summed E-state index contributed by atoms with van der Waals surface area (Å²) in [6.45, 7) is 6.13. The van der Waals surface area contributed by atoms with Gasteiger partial charge in [0.15, 0.2) is 0 Å². The Morgan fingerprint density at radius 3 is 2.80 bits per heavy atom. The van der Waals surface area contributed by atoms with Crippen LogP contribution < -0.4 is 4.74 Å². The normalized spacial score (nSPS) is 15.2. The first kappa shape index (κ1) is 17.7. The largest absolute Gasteiger partial charge is 0.497 e. The number of thiazole rings is 1. The molecule has 2 heterocycles. The van der Waals surface area contributed by atoms with Gasteiger partial charge in [0.25, 0.3) is 0 Å². The SMILES string of the molecule is CCOC(=O)N1CCN(Cc2csc(-c3cccc(OC)c3)n2)CC1. The number of hydrogen-bond acceptors (Lipinski definition) is 6. The summed E-state index contributed by atoms with van der Waals surface area (Å²) in [7, 11) is 1.67. The minimum Gasteiger partial charge on any atom is -0.497 e. The topological polar surface area (TPSA) is 54.9 Å². The summed E-state index contributed by atoms with van der Waals surface area (Å²) in [6, 6.07) is 7.95. The van der Waals surface area contributed by atoms with E-state index < -0.39 is 0 Å². The molecule has 0 spiro atoms. The molecule has 25 heavy (non-hydrogen) atoms. The molecule has 134 valence electrons. The number of ether oxygens (including phenoxy) is 2. The van der Waals surface area contributed by atoms with Crippen LogP contribution in [-0.4, -0.2) is 60.8 Å². The lowest BCUT2D eigenvalue weighted by Crippen LogP contribution is -2.48. The molecule has 0 N–H and O–H groups in total. The number of carbonyl (C=O) groups excluding carboxylic acids is 1. The van der Waals surface area contributed by atoms with Crippen LogP contribution >= 0.6 is 11.3 Å². The molecule has 0 radical (unpaired) electrons. The van der Waals surface area contributed by atoms with E-state index in [0.717, 1.165) is 41.6 Å². The Morgan fingerprint density at radius 1 is 1.28 bits per heavy atom. The van der Waals surface area contributed by atoms with Crippen molar-refractivity contribution in [3.05, 3.63) is 35.3 Å². The van der Waals surface area contributed by atoms with Gasteiger partial charge in [-0.25, -0.2) is 9.78 Å². The number of methoxy groups -OCH3 is 1. The Labute approximate surface area is 152 Å². The van der Waals surface area contributed by atoms with Crippen molar-refractivity contribution < 1.29 is 14.3 Å². The Bertz CT molecular complexity index is 711. The first-order valence-electron chi connectivity index (χ1n) is 8.42. The molecule has 1 aliphatic rings. The first-order chi connectivity index (χ1) is 12.2. The third-order valence-electron chi connectivity index (χ3n) is 4.15. The lowest BCUT2D eigenvalue weighted by Gasteiger charge is -2.33. The Balaban J connectivity index is 1.56. The zero-order valence-electron chi connectivity index (χ0n) is 14.6. The van der Waals surface area contributed by atoms with E-state index in [1.54, 1.807) is 23.3 Å². The number of piperazine rings is 1. The quantitative estimate of drug-likeness (QED) is 0.819. The molecule has 2 aromatic rings. The van der Waals surface area contributed by atoms with E-state index in [1.165, 1.54) is 0 Å². The minimum atomic E-state index is -0.212. The molecule has 0 aliphatic carbocycles. The Kier molecular flexibility index (Phi) is 5.88. The lowest BCUT2D eigenvalue weighted by atomic mass is 10.2. The molecule has 0 atom stereocenters. The summed E-state index contributed by atoms with van der Waals surface area (Å²) in [4.78, 5) is 20.6. The van der Waals surface area contributed by atoms with Crippen LogP contribution in [0.15, 0.2) is 29.6 Å². The number of carbonyl (C=O) groups is 1. The van der Waals surface area contributed by atoms with Gasteiger partial charge in [-0.1, -0.05) is 12.1 Å². The van der Waals surface area contributed by atoms with Crippen molar-refractivity contribution in [3.8, 4) is 16.3 Å². The van der Waals surface area contributed by atoms with Crippen molar-refractivity contribution in [2.24, 2.45) is 0 Å². The summed E-state index contributed by atoms with van der Waals surface area (Å²) < 4.78 is 10.3. The van der Waals surface area contributed by atoms with Crippen molar-refractivity contribution in [2.75, 3.05) is 39.9 Å². The summed E-state index contributed by atoms with van der Waals surface area (Å²) in [6.07, 6.45) is -0.212. The maximum absolute atomic E-state index is 11.7. The van der Waals surface area contributed by atoms with Gasteiger partial charge in [-0.3, -0.25) is 4.90 Å². The van der Waals surface area contributed by atoms with Gasteiger partial charge in [-0.2, -0.15) is 0 Å². The molecular formula is C18H23N3O3S. The Morgan fingerprint density at radius 2 is 2.08 bits per heavy atom. The zero-order chi connectivity index (χ0) is 17.6. The molecule has 0 saturated carbocycles. The minimum absolute atomic E-state index is 0.212. The first-order valence-corrected chi connectivity index (χ1v) is 9.30. The third kappa shape index (κ3) is 4.49. The van der Waals surface area contributed by atoms with Gasteiger partial charge in [-0.15, -0.1) is 11.3 Å². The zero-order valence-corrected chi connectivity index (χ0v) is 15.4. The molecule has 1 amide bonds. The predicted octanol–water partition coefficient (Wildman–Crippen LogP) is 3.09. The molecule has 0 bridgehead atoms. The van der Waals surface area contributed by atoms with Crippen LogP contribution in [0.25, 0.3) is 10.6 Å². The molecule has 0 unspecified atom stereocenters. The van der Waals surface area contributed by atoms with Gasteiger partial charge >= 0.3 is 6.09 Å². The number of amides is 1. The molecule has 1 fully saturated rings. The molecular weight excluding hydrogens is 338 g/mol. The summed E-state index contributed by atoms with van der Waals surface area (Å²) in [5, 5.41) is 3.10. The second kappa shape index (κ2) is 8.31. The number of benzene rings is 1. The van der Waals surface area contributed by atoms with Crippen LogP contribution in [0.3, 0.4) is 0 Å². The molecule has 1 aliphatic heterocycles. The maximum Gasteiger partial charge on any atom is 0.409 e. The van der Waals surface area contributed by atoms with E-state index in [-0.39, 0.29) is 6.09 Å². The van der Waals surface area contributed by atoms with Crippen LogP contribution in [0.5, 0.6) is 5.75 Å².